The molecule has 1 aliphatic heterocycles. The first kappa shape index (κ1) is 16.1. The van der Waals surface area contributed by atoms with E-state index in [0.717, 1.165) is 23.1 Å². The maximum Gasteiger partial charge on any atom is 0.471 e. The summed E-state index contributed by atoms with van der Waals surface area (Å²) in [5.41, 5.74) is 2.89. The zero-order valence-corrected chi connectivity index (χ0v) is 11.4. The highest BCUT2D eigenvalue weighted by molar-refractivity contribution is 5.86. The molecule has 0 aromatic rings. The molecular formula is C14H14F3NO4. The fourth-order valence-electron chi connectivity index (χ4n) is 2.43. The number of amides is 1. The Hall–Kier alpha value is -2.25. The van der Waals surface area contributed by atoms with Crippen molar-refractivity contribution in [2.24, 2.45) is 0 Å². The number of alkyl halides is 3. The summed E-state index contributed by atoms with van der Waals surface area (Å²) < 4.78 is 41.6. The minimum absolute atomic E-state index is 0.0992. The van der Waals surface area contributed by atoms with Gasteiger partial charge in [0.2, 0.25) is 0 Å². The third-order valence-electron chi connectivity index (χ3n) is 3.54. The zero-order chi connectivity index (χ0) is 16.3. The Bertz CT molecular complexity index is 575. The van der Waals surface area contributed by atoms with Crippen LogP contribution in [0.2, 0.25) is 0 Å². The first-order valence-electron chi connectivity index (χ1n) is 6.63. The summed E-state index contributed by atoms with van der Waals surface area (Å²) in [6, 6.07) is -1.57. The average Bonchev–Trinajstić information content (AvgIpc) is 2.85. The van der Waals surface area contributed by atoms with Gasteiger partial charge in [-0.2, -0.15) is 13.2 Å². The number of fused-ring (bicyclic) bond motifs is 1. The lowest BCUT2D eigenvalue weighted by Gasteiger charge is -2.16. The number of carbonyl (C=O) groups excluding carboxylic acids is 1. The molecule has 1 heterocycles. The molecule has 2 N–H and O–H groups in total. The van der Waals surface area contributed by atoms with E-state index in [0.29, 0.717) is 12.8 Å². The highest BCUT2D eigenvalue weighted by Gasteiger charge is 2.40. The van der Waals surface area contributed by atoms with Crippen molar-refractivity contribution in [3.05, 3.63) is 35.3 Å². The van der Waals surface area contributed by atoms with Gasteiger partial charge >= 0.3 is 18.1 Å². The summed E-state index contributed by atoms with van der Waals surface area (Å²) in [5, 5.41) is 10.5. The van der Waals surface area contributed by atoms with Gasteiger partial charge in [-0.15, -0.1) is 0 Å². The van der Waals surface area contributed by atoms with Crippen LogP contribution in [0.4, 0.5) is 13.2 Å². The Morgan fingerprint density at radius 3 is 2.73 bits per heavy atom. The average molecular weight is 317 g/mol. The van der Waals surface area contributed by atoms with Gasteiger partial charge in [-0.05, 0) is 42.9 Å². The van der Waals surface area contributed by atoms with E-state index in [4.69, 9.17) is 9.84 Å². The molecule has 1 unspecified atom stereocenters. The molecule has 0 saturated heterocycles. The lowest BCUT2D eigenvalue weighted by Crippen LogP contribution is -2.46. The van der Waals surface area contributed by atoms with Crippen molar-refractivity contribution in [1.29, 1.82) is 0 Å². The van der Waals surface area contributed by atoms with E-state index in [2.05, 4.69) is 0 Å². The van der Waals surface area contributed by atoms with E-state index in [1.807, 2.05) is 0 Å². The van der Waals surface area contributed by atoms with Crippen LogP contribution >= 0.6 is 0 Å². The summed E-state index contributed by atoms with van der Waals surface area (Å²) >= 11 is 0. The lowest BCUT2D eigenvalue weighted by atomic mass is 10.0. The fourth-order valence-corrected chi connectivity index (χ4v) is 2.43. The number of nitrogens with one attached hydrogen (secondary N) is 1. The lowest BCUT2D eigenvalue weighted by molar-refractivity contribution is -0.175. The van der Waals surface area contributed by atoms with Gasteiger partial charge in [0.15, 0.2) is 0 Å². The van der Waals surface area contributed by atoms with Crippen molar-refractivity contribution in [2.45, 2.75) is 37.9 Å². The third kappa shape index (κ3) is 3.69. The second kappa shape index (κ2) is 6.25. The van der Waals surface area contributed by atoms with Crippen LogP contribution in [0.15, 0.2) is 35.3 Å². The summed E-state index contributed by atoms with van der Waals surface area (Å²) in [5.74, 6) is -3.73. The number of hydrogen-bond acceptors (Lipinski definition) is 3. The predicted octanol–water partition coefficient (Wildman–Crippen LogP) is 2.42. The van der Waals surface area contributed by atoms with Gasteiger partial charge in [0.05, 0.1) is 12.5 Å². The standard InChI is InChI=1S/C14H14F3NO4/c15-14(16,17)13(21)18-11(12(19)20)4-3-8-1-2-9-7-22-6-5-10(8)9/h5-7,11H,1-4H2,(H,18,21)(H,19,20). The van der Waals surface area contributed by atoms with E-state index in [-0.39, 0.29) is 6.42 Å². The Morgan fingerprint density at radius 1 is 1.36 bits per heavy atom. The van der Waals surface area contributed by atoms with Gasteiger partial charge in [0.1, 0.15) is 6.04 Å². The summed E-state index contributed by atoms with van der Waals surface area (Å²) in [6.07, 6.45) is 1.40. The number of ether oxygens (including phenoxy) is 1. The number of rotatable bonds is 5. The van der Waals surface area contributed by atoms with Crippen molar-refractivity contribution in [2.75, 3.05) is 0 Å². The van der Waals surface area contributed by atoms with Gasteiger partial charge < -0.3 is 15.2 Å². The number of halogens is 3. The number of allylic oxidation sites excluding steroid dienone is 4. The summed E-state index contributed by atoms with van der Waals surface area (Å²) in [4.78, 5) is 21.9. The molecule has 8 heteroatoms. The molecule has 2 rings (SSSR count). The van der Waals surface area contributed by atoms with E-state index in [1.54, 1.807) is 12.3 Å². The molecule has 0 fully saturated rings. The maximum atomic E-state index is 12.2. The Morgan fingerprint density at radius 2 is 2.09 bits per heavy atom. The summed E-state index contributed by atoms with van der Waals surface area (Å²) in [7, 11) is 0. The van der Waals surface area contributed by atoms with Crippen LogP contribution in [0.3, 0.4) is 0 Å². The van der Waals surface area contributed by atoms with Crippen LogP contribution in [0.1, 0.15) is 25.7 Å². The van der Waals surface area contributed by atoms with Crippen molar-refractivity contribution < 1.29 is 32.6 Å². The van der Waals surface area contributed by atoms with Crippen LogP contribution in [-0.2, 0) is 14.3 Å². The number of aliphatic carboxylic acids is 1. The molecule has 0 radical (unpaired) electrons. The van der Waals surface area contributed by atoms with E-state index in [9.17, 15) is 22.8 Å². The first-order valence-corrected chi connectivity index (χ1v) is 6.63. The normalized spacial score (nSPS) is 18.4. The van der Waals surface area contributed by atoms with E-state index >= 15 is 0 Å². The van der Waals surface area contributed by atoms with E-state index < -0.39 is 24.1 Å². The molecule has 1 amide bonds. The Kier molecular flexibility index (Phi) is 4.58. The number of hydrogen-bond donors (Lipinski definition) is 2. The molecule has 120 valence electrons. The number of carboxylic acids is 1. The molecule has 22 heavy (non-hydrogen) atoms. The highest BCUT2D eigenvalue weighted by atomic mass is 19.4. The second-order valence-corrected chi connectivity index (χ2v) is 5.00. The van der Waals surface area contributed by atoms with Crippen molar-refractivity contribution in [3.8, 4) is 0 Å². The van der Waals surface area contributed by atoms with Crippen molar-refractivity contribution in [1.82, 2.24) is 5.32 Å². The molecule has 1 aliphatic carbocycles. The maximum absolute atomic E-state index is 12.2. The molecule has 0 saturated carbocycles. The molecule has 0 bridgehead atoms. The van der Waals surface area contributed by atoms with Crippen LogP contribution < -0.4 is 5.32 Å². The van der Waals surface area contributed by atoms with Gasteiger partial charge in [0.25, 0.3) is 0 Å². The van der Waals surface area contributed by atoms with E-state index in [1.165, 1.54) is 11.6 Å². The Labute approximate surface area is 124 Å². The topological polar surface area (TPSA) is 75.6 Å². The second-order valence-electron chi connectivity index (χ2n) is 5.00. The van der Waals surface area contributed by atoms with Crippen LogP contribution in [0, 0.1) is 0 Å². The number of carbonyl (C=O) groups is 2. The van der Waals surface area contributed by atoms with Crippen LogP contribution in [-0.4, -0.2) is 29.2 Å². The minimum atomic E-state index is -5.09. The largest absolute Gasteiger partial charge is 0.480 e. The zero-order valence-electron chi connectivity index (χ0n) is 11.4. The molecule has 1 atom stereocenters. The third-order valence-corrected chi connectivity index (χ3v) is 3.54. The molecule has 0 spiro atoms. The molecular weight excluding hydrogens is 303 g/mol. The first-order chi connectivity index (χ1) is 10.3. The molecule has 2 aliphatic rings. The molecule has 5 nitrogen and oxygen atoms in total. The number of carboxylic acid groups (broad SMARTS) is 1. The van der Waals surface area contributed by atoms with Crippen molar-refractivity contribution >= 4 is 11.9 Å². The van der Waals surface area contributed by atoms with Crippen molar-refractivity contribution in [3.63, 3.8) is 0 Å². The Balaban J connectivity index is 2.00. The van der Waals surface area contributed by atoms with Gasteiger partial charge in [-0.25, -0.2) is 4.79 Å². The highest BCUT2D eigenvalue weighted by Crippen LogP contribution is 2.36. The predicted molar refractivity (Wildman–Crippen MR) is 69.4 cm³/mol. The monoisotopic (exact) mass is 317 g/mol. The van der Waals surface area contributed by atoms with Gasteiger partial charge in [0, 0.05) is 0 Å². The van der Waals surface area contributed by atoms with Gasteiger partial charge in [-0.1, -0.05) is 5.57 Å². The molecule has 0 aromatic heterocycles. The van der Waals surface area contributed by atoms with Gasteiger partial charge in [-0.3, -0.25) is 4.79 Å². The fraction of sp³-hybridized carbons (Fsp3) is 0.429. The summed E-state index contributed by atoms with van der Waals surface area (Å²) in [6.45, 7) is 0. The SMILES string of the molecule is O=C(O)C(CCC1=C2C=COC=C2CC1)NC(=O)C(F)(F)F. The van der Waals surface area contributed by atoms with Crippen LogP contribution in [0.5, 0.6) is 0 Å². The minimum Gasteiger partial charge on any atom is -0.480 e. The van der Waals surface area contributed by atoms with Crippen LogP contribution in [0.25, 0.3) is 0 Å². The quantitative estimate of drug-likeness (QED) is 0.816. The smallest absolute Gasteiger partial charge is 0.471 e. The molecule has 0 aromatic carbocycles.